The lowest BCUT2D eigenvalue weighted by atomic mass is 9.71. The molecular formula is C36H39NO6. The van der Waals surface area contributed by atoms with Crippen LogP contribution in [0, 0.1) is 0 Å². The summed E-state index contributed by atoms with van der Waals surface area (Å²) in [5.41, 5.74) is 5.44. The number of benzene rings is 3. The van der Waals surface area contributed by atoms with Crippen LogP contribution in [-0.2, 0) is 20.9 Å². The first-order valence-electron chi connectivity index (χ1n) is 14.8. The number of ether oxygens (including phenoxy) is 4. The maximum absolute atomic E-state index is 14.1. The third-order valence-corrected chi connectivity index (χ3v) is 8.25. The first-order valence-corrected chi connectivity index (χ1v) is 14.8. The van der Waals surface area contributed by atoms with E-state index in [0.717, 1.165) is 22.4 Å². The van der Waals surface area contributed by atoms with E-state index in [2.05, 4.69) is 5.32 Å². The lowest BCUT2D eigenvalue weighted by Crippen LogP contribution is -2.36. The van der Waals surface area contributed by atoms with E-state index in [0.29, 0.717) is 60.0 Å². The van der Waals surface area contributed by atoms with Gasteiger partial charge in [-0.3, -0.25) is 4.79 Å². The largest absolute Gasteiger partial charge is 0.493 e. The minimum absolute atomic E-state index is 0.00418. The Balaban J connectivity index is 1.52. The van der Waals surface area contributed by atoms with Gasteiger partial charge in [-0.25, -0.2) is 4.79 Å². The second-order valence-corrected chi connectivity index (χ2v) is 11.1. The number of hydrogen-bond donors (Lipinski definition) is 1. The van der Waals surface area contributed by atoms with Gasteiger partial charge in [0.05, 0.1) is 25.9 Å². The molecule has 0 amide bonds. The number of Topliss-reactive ketones (excluding diaryl/α,β-unsaturated/α-hetero) is 1. The fourth-order valence-corrected chi connectivity index (χ4v) is 5.84. The van der Waals surface area contributed by atoms with E-state index < -0.39 is 11.9 Å². The zero-order chi connectivity index (χ0) is 30.5. The summed E-state index contributed by atoms with van der Waals surface area (Å²) in [7, 11) is 3.21. The van der Waals surface area contributed by atoms with Crippen molar-refractivity contribution in [1.82, 2.24) is 5.32 Å². The molecule has 0 aromatic heterocycles. The van der Waals surface area contributed by atoms with Gasteiger partial charge in [0.1, 0.15) is 12.4 Å². The molecule has 0 fully saturated rings. The summed E-state index contributed by atoms with van der Waals surface area (Å²) >= 11 is 0. The quantitative estimate of drug-likeness (QED) is 0.259. The number of hydrogen-bond acceptors (Lipinski definition) is 7. The first kappa shape index (κ1) is 30.0. The molecule has 0 bridgehead atoms. The van der Waals surface area contributed by atoms with Crippen LogP contribution in [0.15, 0.2) is 95.3 Å². The minimum Gasteiger partial charge on any atom is -0.493 e. The number of allylic oxidation sites excluding steroid dienone is 3. The monoisotopic (exact) mass is 581 g/mol. The van der Waals surface area contributed by atoms with Gasteiger partial charge in [0, 0.05) is 29.3 Å². The standard InChI is InChI=1S/C36H39NO6/c1-6-22(2)43-36(39)33-23(3)37-29-18-27(25-15-16-31(40-4)32(20-25)41-5)19-30(38)35(29)34(33)26-13-10-14-28(17-26)42-21-24-11-8-7-9-12-24/h7-17,20,22,27,34,37H,6,18-19,21H2,1-5H3/t22-,27-,34-/m0/s1. The third kappa shape index (κ3) is 6.46. The molecule has 0 unspecified atom stereocenters. The Morgan fingerprint density at radius 1 is 0.930 bits per heavy atom. The topological polar surface area (TPSA) is 83.1 Å². The summed E-state index contributed by atoms with van der Waals surface area (Å²) in [5, 5.41) is 3.43. The zero-order valence-corrected chi connectivity index (χ0v) is 25.4. The molecule has 3 aromatic rings. The van der Waals surface area contributed by atoms with Crippen LogP contribution in [0.3, 0.4) is 0 Å². The molecule has 7 heteroatoms. The molecule has 1 aliphatic heterocycles. The predicted molar refractivity (Wildman–Crippen MR) is 165 cm³/mol. The molecule has 0 saturated carbocycles. The number of methoxy groups -OCH3 is 2. The van der Waals surface area contributed by atoms with E-state index in [-0.39, 0.29) is 17.8 Å². The van der Waals surface area contributed by atoms with Crippen molar-refractivity contribution >= 4 is 11.8 Å². The molecule has 0 radical (unpaired) electrons. The second kappa shape index (κ2) is 13.2. The average Bonchev–Trinajstić information content (AvgIpc) is 3.03. The van der Waals surface area contributed by atoms with Crippen LogP contribution >= 0.6 is 0 Å². The number of carbonyl (C=O) groups is 2. The van der Waals surface area contributed by atoms with E-state index in [1.807, 2.05) is 93.6 Å². The summed E-state index contributed by atoms with van der Waals surface area (Å²) < 4.78 is 22.9. The van der Waals surface area contributed by atoms with E-state index in [1.54, 1.807) is 14.2 Å². The maximum atomic E-state index is 14.1. The van der Waals surface area contributed by atoms with Gasteiger partial charge in [-0.1, -0.05) is 55.5 Å². The highest BCUT2D eigenvalue weighted by molar-refractivity contribution is 6.04. The normalized spacial score (nSPS) is 18.9. The molecule has 224 valence electrons. The zero-order valence-electron chi connectivity index (χ0n) is 25.4. The summed E-state index contributed by atoms with van der Waals surface area (Å²) in [5.74, 6) is 0.882. The third-order valence-electron chi connectivity index (χ3n) is 8.25. The summed E-state index contributed by atoms with van der Waals surface area (Å²) in [6.45, 7) is 6.14. The van der Waals surface area contributed by atoms with Crippen LogP contribution in [0.1, 0.15) is 68.6 Å². The van der Waals surface area contributed by atoms with Crippen molar-refractivity contribution in [1.29, 1.82) is 0 Å². The molecule has 1 aliphatic carbocycles. The van der Waals surface area contributed by atoms with Gasteiger partial charge in [0.2, 0.25) is 0 Å². The van der Waals surface area contributed by atoms with E-state index >= 15 is 0 Å². The molecule has 7 nitrogen and oxygen atoms in total. The number of ketones is 1. The number of nitrogens with one attached hydrogen (secondary N) is 1. The van der Waals surface area contributed by atoms with E-state index in [1.165, 1.54) is 0 Å². The molecular weight excluding hydrogens is 542 g/mol. The Bertz CT molecular complexity index is 1560. The lowest BCUT2D eigenvalue weighted by Gasteiger charge is -2.37. The smallest absolute Gasteiger partial charge is 0.337 e. The van der Waals surface area contributed by atoms with Gasteiger partial charge < -0.3 is 24.3 Å². The molecule has 2 aliphatic rings. The van der Waals surface area contributed by atoms with Gasteiger partial charge in [-0.15, -0.1) is 0 Å². The number of esters is 1. The average molecular weight is 582 g/mol. The first-order chi connectivity index (χ1) is 20.8. The van der Waals surface area contributed by atoms with Crippen LogP contribution in [0.5, 0.6) is 17.2 Å². The van der Waals surface area contributed by atoms with Gasteiger partial charge >= 0.3 is 5.97 Å². The fourth-order valence-electron chi connectivity index (χ4n) is 5.84. The lowest BCUT2D eigenvalue weighted by molar-refractivity contribution is -0.144. The molecule has 1 N–H and O–H groups in total. The molecule has 5 rings (SSSR count). The summed E-state index contributed by atoms with van der Waals surface area (Å²) in [4.78, 5) is 27.7. The molecule has 1 heterocycles. The maximum Gasteiger partial charge on any atom is 0.337 e. The van der Waals surface area contributed by atoms with Crippen molar-refractivity contribution in [2.75, 3.05) is 14.2 Å². The van der Waals surface area contributed by atoms with Gasteiger partial charge in [-0.2, -0.15) is 0 Å². The van der Waals surface area contributed by atoms with Crippen molar-refractivity contribution in [3.63, 3.8) is 0 Å². The Labute approximate surface area is 253 Å². The molecule has 43 heavy (non-hydrogen) atoms. The van der Waals surface area contributed by atoms with Crippen LogP contribution in [-0.4, -0.2) is 32.1 Å². The van der Waals surface area contributed by atoms with E-state index in [9.17, 15) is 9.59 Å². The Morgan fingerprint density at radius 2 is 1.70 bits per heavy atom. The minimum atomic E-state index is -0.577. The van der Waals surface area contributed by atoms with Crippen LogP contribution in [0.25, 0.3) is 0 Å². The SMILES string of the molecule is CC[C@H](C)OC(=O)C1=C(C)NC2=C(C(=O)C[C@@H](c3ccc(OC)c(OC)c3)C2)[C@H]1c1cccc(OCc2ccccc2)c1. The van der Waals surface area contributed by atoms with Crippen molar-refractivity contribution in [3.8, 4) is 17.2 Å². The number of dihydropyridines is 1. The predicted octanol–water partition coefficient (Wildman–Crippen LogP) is 6.99. The van der Waals surface area contributed by atoms with Gasteiger partial charge in [-0.05, 0) is 73.6 Å². The summed E-state index contributed by atoms with van der Waals surface area (Å²) in [6.07, 6.45) is 1.37. The summed E-state index contributed by atoms with van der Waals surface area (Å²) in [6, 6.07) is 23.4. The Morgan fingerprint density at radius 3 is 2.42 bits per heavy atom. The van der Waals surface area contributed by atoms with Crippen LogP contribution in [0.2, 0.25) is 0 Å². The van der Waals surface area contributed by atoms with Gasteiger partial charge in [0.25, 0.3) is 0 Å². The van der Waals surface area contributed by atoms with Crippen molar-refractivity contribution in [2.45, 2.75) is 64.6 Å². The molecule has 0 spiro atoms. The van der Waals surface area contributed by atoms with Crippen LogP contribution < -0.4 is 19.5 Å². The fraction of sp³-hybridized carbons (Fsp3) is 0.333. The highest BCUT2D eigenvalue weighted by Crippen LogP contribution is 2.47. The van der Waals surface area contributed by atoms with Crippen molar-refractivity contribution in [2.24, 2.45) is 0 Å². The molecule has 0 saturated heterocycles. The highest BCUT2D eigenvalue weighted by Gasteiger charge is 2.42. The number of carbonyl (C=O) groups excluding carboxylic acids is 2. The number of rotatable bonds is 10. The molecule has 3 atom stereocenters. The highest BCUT2D eigenvalue weighted by atomic mass is 16.5. The van der Waals surface area contributed by atoms with Crippen molar-refractivity contribution in [3.05, 3.63) is 112 Å². The van der Waals surface area contributed by atoms with Crippen LogP contribution in [0.4, 0.5) is 0 Å². The Kier molecular flexibility index (Phi) is 9.19. The second-order valence-electron chi connectivity index (χ2n) is 11.1. The van der Waals surface area contributed by atoms with E-state index in [4.69, 9.17) is 18.9 Å². The Hall–Kier alpha value is -4.52. The van der Waals surface area contributed by atoms with Gasteiger partial charge in [0.15, 0.2) is 17.3 Å². The van der Waals surface area contributed by atoms with Crippen molar-refractivity contribution < 1.29 is 28.5 Å². The molecule has 3 aromatic carbocycles.